The van der Waals surface area contributed by atoms with Crippen molar-refractivity contribution in [1.82, 2.24) is 9.03 Å². The van der Waals surface area contributed by atoms with Crippen molar-refractivity contribution in [2.45, 2.75) is 43.5 Å². The van der Waals surface area contributed by atoms with Crippen molar-refractivity contribution in [3.63, 3.8) is 0 Å². The van der Waals surface area contributed by atoms with Crippen molar-refractivity contribution in [2.24, 2.45) is 0 Å². The average molecular weight is 411 g/mol. The van der Waals surface area contributed by atoms with Crippen molar-refractivity contribution >= 4 is 20.0 Å². The number of rotatable bonds is 8. The Morgan fingerprint density at radius 1 is 0.852 bits per heavy atom. The Balaban J connectivity index is 2.20. The normalized spacial score (nSPS) is 13.7. The highest BCUT2D eigenvalue weighted by molar-refractivity contribution is 7.89. The third-order valence-electron chi connectivity index (χ3n) is 4.39. The molecule has 0 aliphatic carbocycles. The molecule has 0 aliphatic heterocycles. The van der Waals surface area contributed by atoms with E-state index in [1.165, 1.54) is 16.4 Å². The molecule has 2 rings (SSSR count). The predicted molar refractivity (Wildman–Crippen MR) is 106 cm³/mol. The fourth-order valence-electron chi connectivity index (χ4n) is 2.73. The summed E-state index contributed by atoms with van der Waals surface area (Å²) in [4.78, 5) is 0.393. The highest BCUT2D eigenvalue weighted by Gasteiger charge is 2.22. The topological polar surface area (TPSA) is 83.6 Å². The summed E-state index contributed by atoms with van der Waals surface area (Å²) >= 11 is 0. The molecule has 27 heavy (non-hydrogen) atoms. The molecule has 8 heteroatoms. The molecule has 0 saturated carbocycles. The lowest BCUT2D eigenvalue weighted by atomic mass is 10.1. The number of nitrogens with one attached hydrogen (secondary N) is 1. The molecule has 0 heterocycles. The molecule has 2 aromatic rings. The molecule has 0 radical (unpaired) electrons. The molecular weight excluding hydrogens is 384 g/mol. The number of hydrogen-bond acceptors (Lipinski definition) is 4. The van der Waals surface area contributed by atoms with Crippen molar-refractivity contribution in [3.8, 4) is 0 Å². The van der Waals surface area contributed by atoms with Crippen LogP contribution in [0.5, 0.6) is 0 Å². The number of benzene rings is 2. The summed E-state index contributed by atoms with van der Waals surface area (Å²) in [5, 5.41) is 0. The van der Waals surface area contributed by atoms with Crippen LogP contribution in [-0.2, 0) is 20.0 Å². The summed E-state index contributed by atoms with van der Waals surface area (Å²) in [6, 6.07) is 12.4. The van der Waals surface area contributed by atoms with Gasteiger partial charge in [-0.15, -0.1) is 0 Å². The lowest BCUT2D eigenvalue weighted by Gasteiger charge is -2.19. The van der Waals surface area contributed by atoms with Gasteiger partial charge in [0.2, 0.25) is 20.0 Å². The Bertz CT molecular complexity index is 963. The van der Waals surface area contributed by atoms with Crippen LogP contribution in [0, 0.1) is 6.92 Å². The summed E-state index contributed by atoms with van der Waals surface area (Å²) in [7, 11) is -7.19. The minimum atomic E-state index is -3.66. The molecule has 0 spiro atoms. The zero-order valence-electron chi connectivity index (χ0n) is 16.0. The molecule has 0 bridgehead atoms. The molecule has 0 amide bonds. The molecule has 0 saturated heterocycles. The Labute approximate surface area is 162 Å². The molecule has 1 atom stereocenters. The third-order valence-corrected chi connectivity index (χ3v) is 8.01. The van der Waals surface area contributed by atoms with Crippen LogP contribution in [0.3, 0.4) is 0 Å². The lowest BCUT2D eigenvalue weighted by molar-refractivity contribution is 0.445. The van der Waals surface area contributed by atoms with Crippen LogP contribution in [0.1, 0.15) is 37.9 Å². The van der Waals surface area contributed by atoms with Gasteiger partial charge in [-0.25, -0.2) is 21.6 Å². The van der Waals surface area contributed by atoms with E-state index in [9.17, 15) is 16.8 Å². The fourth-order valence-corrected chi connectivity index (χ4v) is 5.42. The van der Waals surface area contributed by atoms with Crippen LogP contribution in [-0.4, -0.2) is 34.2 Å². The first kappa shape index (κ1) is 21.6. The maximum atomic E-state index is 12.5. The van der Waals surface area contributed by atoms with Crippen LogP contribution < -0.4 is 4.72 Å². The molecule has 0 fully saturated rings. The van der Waals surface area contributed by atoms with Crippen LogP contribution in [0.2, 0.25) is 0 Å². The standard InChI is InChI=1S/C19H26N2O4S2/c1-5-21(6-2)27(24,25)19-13-9-17(10-14-19)16(4)20-26(22,23)18-11-7-15(3)8-12-18/h7-14,16,20H,5-6H2,1-4H3/t16-/m0/s1. The van der Waals surface area contributed by atoms with Gasteiger partial charge in [-0.2, -0.15) is 4.31 Å². The van der Waals surface area contributed by atoms with Gasteiger partial charge in [-0.1, -0.05) is 43.7 Å². The van der Waals surface area contributed by atoms with Crippen LogP contribution in [0.4, 0.5) is 0 Å². The summed E-state index contributed by atoms with van der Waals surface area (Å²) in [6.45, 7) is 7.98. The average Bonchev–Trinajstić information content (AvgIpc) is 2.62. The van der Waals surface area contributed by atoms with E-state index in [0.717, 1.165) is 5.56 Å². The molecule has 0 unspecified atom stereocenters. The highest BCUT2D eigenvalue weighted by atomic mass is 32.2. The van der Waals surface area contributed by atoms with Gasteiger partial charge in [-0.3, -0.25) is 0 Å². The smallest absolute Gasteiger partial charge is 0.207 e. The summed E-state index contributed by atoms with van der Waals surface area (Å²) in [5.74, 6) is 0. The van der Waals surface area contributed by atoms with Crippen molar-refractivity contribution in [2.75, 3.05) is 13.1 Å². The van der Waals surface area contributed by atoms with Gasteiger partial charge in [0.1, 0.15) is 0 Å². The molecular formula is C19H26N2O4S2. The molecule has 2 aromatic carbocycles. The zero-order chi connectivity index (χ0) is 20.2. The molecule has 6 nitrogen and oxygen atoms in total. The molecule has 1 N–H and O–H groups in total. The van der Waals surface area contributed by atoms with Crippen LogP contribution >= 0.6 is 0 Å². The van der Waals surface area contributed by atoms with Crippen LogP contribution in [0.25, 0.3) is 0 Å². The summed E-state index contributed by atoms with van der Waals surface area (Å²) < 4.78 is 54.1. The monoisotopic (exact) mass is 410 g/mol. The number of nitrogens with zero attached hydrogens (tertiary/aromatic N) is 1. The Hall–Kier alpha value is -1.74. The predicted octanol–water partition coefficient (Wildman–Crippen LogP) is 3.07. The van der Waals surface area contributed by atoms with E-state index in [4.69, 9.17) is 0 Å². The maximum absolute atomic E-state index is 12.5. The van der Waals surface area contributed by atoms with Gasteiger partial charge >= 0.3 is 0 Å². The SMILES string of the molecule is CCN(CC)S(=O)(=O)c1ccc([C@H](C)NS(=O)(=O)c2ccc(C)cc2)cc1. The number of aryl methyl sites for hydroxylation is 1. The summed E-state index contributed by atoms with van der Waals surface area (Å²) in [5.41, 5.74) is 1.66. The third kappa shape index (κ3) is 4.95. The van der Waals surface area contributed by atoms with E-state index in [1.54, 1.807) is 57.2 Å². The van der Waals surface area contributed by atoms with Gasteiger partial charge in [0.15, 0.2) is 0 Å². The lowest BCUT2D eigenvalue weighted by Crippen LogP contribution is -2.30. The van der Waals surface area contributed by atoms with Gasteiger partial charge < -0.3 is 0 Å². The van der Waals surface area contributed by atoms with Gasteiger partial charge in [0.05, 0.1) is 9.79 Å². The maximum Gasteiger partial charge on any atom is 0.243 e. The van der Waals surface area contributed by atoms with Gasteiger partial charge in [0, 0.05) is 19.1 Å². The highest BCUT2D eigenvalue weighted by Crippen LogP contribution is 2.21. The molecule has 0 aliphatic rings. The van der Waals surface area contributed by atoms with E-state index < -0.39 is 26.1 Å². The first-order chi connectivity index (χ1) is 12.6. The van der Waals surface area contributed by atoms with Crippen LogP contribution in [0.15, 0.2) is 58.3 Å². The second kappa shape index (κ2) is 8.52. The summed E-state index contributed by atoms with van der Waals surface area (Å²) in [6.07, 6.45) is 0. The Morgan fingerprint density at radius 3 is 1.81 bits per heavy atom. The second-order valence-electron chi connectivity index (χ2n) is 6.31. The Kier molecular flexibility index (Phi) is 6.80. The minimum Gasteiger partial charge on any atom is -0.207 e. The minimum absolute atomic E-state index is 0.195. The van der Waals surface area contributed by atoms with Gasteiger partial charge in [0.25, 0.3) is 0 Å². The number of hydrogen-bond donors (Lipinski definition) is 1. The first-order valence-electron chi connectivity index (χ1n) is 8.81. The van der Waals surface area contributed by atoms with E-state index >= 15 is 0 Å². The zero-order valence-corrected chi connectivity index (χ0v) is 17.6. The molecule has 148 valence electrons. The fraction of sp³-hybridized carbons (Fsp3) is 0.368. The van der Waals surface area contributed by atoms with E-state index in [2.05, 4.69) is 4.72 Å². The first-order valence-corrected chi connectivity index (χ1v) is 11.7. The van der Waals surface area contributed by atoms with Gasteiger partial charge in [-0.05, 0) is 43.7 Å². The van der Waals surface area contributed by atoms with E-state index in [-0.39, 0.29) is 9.79 Å². The second-order valence-corrected chi connectivity index (χ2v) is 9.97. The molecule has 0 aromatic heterocycles. The van der Waals surface area contributed by atoms with E-state index in [0.29, 0.717) is 18.7 Å². The quantitative estimate of drug-likeness (QED) is 0.725. The van der Waals surface area contributed by atoms with E-state index in [1.807, 2.05) is 6.92 Å². The van der Waals surface area contributed by atoms with Crippen molar-refractivity contribution in [1.29, 1.82) is 0 Å². The largest absolute Gasteiger partial charge is 0.243 e. The van der Waals surface area contributed by atoms with Crippen molar-refractivity contribution < 1.29 is 16.8 Å². The number of sulfonamides is 2. The van der Waals surface area contributed by atoms with Crippen molar-refractivity contribution in [3.05, 3.63) is 59.7 Å². The Morgan fingerprint density at radius 2 is 1.33 bits per heavy atom.